The highest BCUT2D eigenvalue weighted by atomic mass is 16.4. The molecular weight excluding hydrogens is 208 g/mol. The Hall–Kier alpha value is -1.32. The molecule has 0 aromatic rings. The Morgan fingerprint density at radius 3 is 2.25 bits per heavy atom. The van der Waals surface area contributed by atoms with E-state index < -0.39 is 22.8 Å². The number of carboxylic acids is 2. The van der Waals surface area contributed by atoms with Gasteiger partial charge in [0.05, 0.1) is 12.8 Å². The molecule has 4 heteroatoms. The Bertz CT molecular complexity index is 334. The van der Waals surface area contributed by atoms with Crippen molar-refractivity contribution in [3.63, 3.8) is 0 Å². The Morgan fingerprint density at radius 2 is 1.75 bits per heavy atom. The van der Waals surface area contributed by atoms with Crippen LogP contribution in [0.2, 0.25) is 0 Å². The van der Waals surface area contributed by atoms with Gasteiger partial charge < -0.3 is 10.2 Å². The van der Waals surface area contributed by atoms with Crippen LogP contribution >= 0.6 is 0 Å². The summed E-state index contributed by atoms with van der Waals surface area (Å²) in [6, 6.07) is 0. The Morgan fingerprint density at radius 1 is 1.19 bits per heavy atom. The van der Waals surface area contributed by atoms with Gasteiger partial charge in [-0.05, 0) is 18.3 Å². The topological polar surface area (TPSA) is 74.6 Å². The lowest BCUT2D eigenvalue weighted by Gasteiger charge is -2.45. The molecule has 2 atom stereocenters. The molecule has 0 fully saturated rings. The molecule has 0 unspecified atom stereocenters. The third-order valence-electron chi connectivity index (χ3n) is 3.79. The summed E-state index contributed by atoms with van der Waals surface area (Å²) < 4.78 is 0. The van der Waals surface area contributed by atoms with Crippen LogP contribution < -0.4 is 0 Å². The van der Waals surface area contributed by atoms with Gasteiger partial charge >= 0.3 is 11.9 Å². The third-order valence-corrected chi connectivity index (χ3v) is 3.79. The first-order valence-electron chi connectivity index (χ1n) is 5.40. The van der Waals surface area contributed by atoms with E-state index in [0.29, 0.717) is 0 Å². The minimum absolute atomic E-state index is 0.0150. The number of hydrogen-bond donors (Lipinski definition) is 2. The number of carbonyl (C=O) groups is 2. The maximum Gasteiger partial charge on any atom is 0.304 e. The van der Waals surface area contributed by atoms with Crippen molar-refractivity contribution in [3.8, 4) is 0 Å². The van der Waals surface area contributed by atoms with Crippen LogP contribution in [0.15, 0.2) is 12.2 Å². The minimum Gasteiger partial charge on any atom is -0.481 e. The summed E-state index contributed by atoms with van der Waals surface area (Å²) >= 11 is 0. The molecule has 4 nitrogen and oxygen atoms in total. The van der Waals surface area contributed by atoms with E-state index in [4.69, 9.17) is 10.2 Å². The normalized spacial score (nSPS) is 33.6. The SMILES string of the molecule is C[C@]1(CC(=O)O)CCC=C[C@@]1(C)CC(=O)O. The molecule has 1 aliphatic carbocycles. The molecule has 0 bridgehead atoms. The van der Waals surface area contributed by atoms with Crippen molar-refractivity contribution in [1.29, 1.82) is 0 Å². The summed E-state index contributed by atoms with van der Waals surface area (Å²) in [5.41, 5.74) is -1.05. The van der Waals surface area contributed by atoms with Crippen molar-refractivity contribution in [2.75, 3.05) is 0 Å². The van der Waals surface area contributed by atoms with E-state index >= 15 is 0 Å². The third kappa shape index (κ3) is 2.43. The molecule has 0 aliphatic heterocycles. The molecule has 0 heterocycles. The zero-order valence-corrected chi connectivity index (χ0v) is 9.69. The summed E-state index contributed by atoms with van der Waals surface area (Å²) in [7, 11) is 0. The Labute approximate surface area is 95.0 Å². The molecule has 1 rings (SSSR count). The van der Waals surface area contributed by atoms with Gasteiger partial charge in [0.2, 0.25) is 0 Å². The van der Waals surface area contributed by atoms with Crippen molar-refractivity contribution in [3.05, 3.63) is 12.2 Å². The lowest BCUT2D eigenvalue weighted by atomic mass is 9.58. The Balaban J connectivity index is 3.00. The molecule has 16 heavy (non-hydrogen) atoms. The van der Waals surface area contributed by atoms with Gasteiger partial charge in [-0.15, -0.1) is 0 Å². The molecule has 0 saturated heterocycles. The second-order valence-electron chi connectivity index (χ2n) is 5.06. The van der Waals surface area contributed by atoms with Crippen LogP contribution in [0.4, 0.5) is 0 Å². The van der Waals surface area contributed by atoms with Crippen LogP contribution in [-0.4, -0.2) is 22.2 Å². The quantitative estimate of drug-likeness (QED) is 0.721. The zero-order chi connectivity index (χ0) is 12.4. The van der Waals surface area contributed by atoms with E-state index in [0.717, 1.165) is 12.8 Å². The summed E-state index contributed by atoms with van der Waals surface area (Å²) in [6.07, 6.45) is 5.35. The zero-order valence-electron chi connectivity index (χ0n) is 9.69. The van der Waals surface area contributed by atoms with E-state index in [2.05, 4.69) is 0 Å². The van der Waals surface area contributed by atoms with Gasteiger partial charge in [0.1, 0.15) is 0 Å². The maximum atomic E-state index is 10.9. The largest absolute Gasteiger partial charge is 0.481 e. The van der Waals surface area contributed by atoms with E-state index in [-0.39, 0.29) is 12.8 Å². The van der Waals surface area contributed by atoms with Crippen molar-refractivity contribution >= 4 is 11.9 Å². The molecule has 0 spiro atoms. The number of allylic oxidation sites excluding steroid dienone is 2. The molecule has 0 saturated carbocycles. The molecule has 1 aliphatic rings. The second kappa shape index (κ2) is 4.28. The lowest BCUT2D eigenvalue weighted by molar-refractivity contribution is -0.146. The standard InChI is InChI=1S/C12H18O4/c1-11(7-9(13)14)5-3-4-6-12(11,2)8-10(15)16/h3,5H,4,6-8H2,1-2H3,(H,13,14)(H,15,16)/t11-,12+/m0/s1. The van der Waals surface area contributed by atoms with Crippen molar-refractivity contribution in [1.82, 2.24) is 0 Å². The van der Waals surface area contributed by atoms with Crippen LogP contribution in [0.25, 0.3) is 0 Å². The minimum atomic E-state index is -0.884. The van der Waals surface area contributed by atoms with Gasteiger partial charge in [0, 0.05) is 5.41 Å². The van der Waals surface area contributed by atoms with E-state index in [9.17, 15) is 9.59 Å². The highest BCUT2D eigenvalue weighted by Gasteiger charge is 2.46. The molecule has 0 aromatic heterocycles. The number of aliphatic carboxylic acids is 2. The van der Waals surface area contributed by atoms with Gasteiger partial charge in [-0.25, -0.2) is 0 Å². The first-order chi connectivity index (χ1) is 7.29. The van der Waals surface area contributed by atoms with Crippen LogP contribution in [0.3, 0.4) is 0 Å². The summed E-state index contributed by atoms with van der Waals surface area (Å²) in [5, 5.41) is 17.8. The van der Waals surface area contributed by atoms with Crippen LogP contribution in [-0.2, 0) is 9.59 Å². The first kappa shape index (κ1) is 12.7. The van der Waals surface area contributed by atoms with Gasteiger partial charge in [-0.2, -0.15) is 0 Å². The van der Waals surface area contributed by atoms with Gasteiger partial charge in [0.25, 0.3) is 0 Å². The van der Waals surface area contributed by atoms with E-state index in [1.165, 1.54) is 0 Å². The number of rotatable bonds is 4. The number of carboxylic acid groups (broad SMARTS) is 2. The highest BCUT2D eigenvalue weighted by molar-refractivity contribution is 5.70. The smallest absolute Gasteiger partial charge is 0.304 e. The fourth-order valence-corrected chi connectivity index (χ4v) is 2.44. The average molecular weight is 226 g/mol. The molecule has 2 N–H and O–H groups in total. The molecule has 0 radical (unpaired) electrons. The average Bonchev–Trinajstić information content (AvgIpc) is 2.08. The fourth-order valence-electron chi connectivity index (χ4n) is 2.44. The van der Waals surface area contributed by atoms with Crippen LogP contribution in [0.5, 0.6) is 0 Å². The predicted molar refractivity (Wildman–Crippen MR) is 59.1 cm³/mol. The van der Waals surface area contributed by atoms with Crippen molar-refractivity contribution < 1.29 is 19.8 Å². The summed E-state index contributed by atoms with van der Waals surface area (Å²) in [6.45, 7) is 3.70. The second-order valence-corrected chi connectivity index (χ2v) is 5.06. The fraction of sp³-hybridized carbons (Fsp3) is 0.667. The molecule has 0 amide bonds. The van der Waals surface area contributed by atoms with Crippen molar-refractivity contribution in [2.24, 2.45) is 10.8 Å². The summed E-state index contributed by atoms with van der Waals surface area (Å²) in [4.78, 5) is 21.7. The maximum absolute atomic E-state index is 10.9. The van der Waals surface area contributed by atoms with Crippen molar-refractivity contribution in [2.45, 2.75) is 39.5 Å². The number of hydrogen-bond acceptors (Lipinski definition) is 2. The summed E-state index contributed by atoms with van der Waals surface area (Å²) in [5.74, 6) is -1.75. The van der Waals surface area contributed by atoms with Crippen LogP contribution in [0, 0.1) is 10.8 Å². The molecule has 0 aromatic carbocycles. The van der Waals surface area contributed by atoms with E-state index in [1.54, 1.807) is 0 Å². The van der Waals surface area contributed by atoms with Gasteiger partial charge in [-0.3, -0.25) is 9.59 Å². The molecular formula is C12H18O4. The lowest BCUT2D eigenvalue weighted by Crippen LogP contribution is -2.41. The monoisotopic (exact) mass is 226 g/mol. The van der Waals surface area contributed by atoms with Gasteiger partial charge in [0.15, 0.2) is 0 Å². The molecule has 90 valence electrons. The van der Waals surface area contributed by atoms with Gasteiger partial charge in [-0.1, -0.05) is 26.0 Å². The first-order valence-corrected chi connectivity index (χ1v) is 5.40. The van der Waals surface area contributed by atoms with E-state index in [1.807, 2.05) is 26.0 Å². The van der Waals surface area contributed by atoms with Crippen LogP contribution in [0.1, 0.15) is 39.5 Å². The highest BCUT2D eigenvalue weighted by Crippen LogP contribution is 2.51. The Kier molecular flexibility index (Phi) is 3.41. The predicted octanol–water partition coefficient (Wildman–Crippen LogP) is 2.30.